The van der Waals surface area contributed by atoms with E-state index < -0.39 is 11.7 Å². The van der Waals surface area contributed by atoms with E-state index in [1.807, 2.05) is 43.3 Å². The van der Waals surface area contributed by atoms with Gasteiger partial charge in [-0.3, -0.25) is 9.78 Å². The van der Waals surface area contributed by atoms with Gasteiger partial charge in [-0.25, -0.2) is 9.37 Å². The average Bonchev–Trinajstić information content (AvgIpc) is 3.31. The molecule has 3 heterocycles. The van der Waals surface area contributed by atoms with Crippen molar-refractivity contribution in [3.8, 4) is 22.6 Å². The van der Waals surface area contributed by atoms with E-state index >= 15 is 0 Å². The lowest BCUT2D eigenvalue weighted by Crippen LogP contribution is -2.13. The van der Waals surface area contributed by atoms with E-state index in [9.17, 15) is 9.18 Å². The number of aryl methyl sites for hydroxylation is 1. The Morgan fingerprint density at radius 2 is 1.79 bits per heavy atom. The van der Waals surface area contributed by atoms with Crippen LogP contribution in [0.15, 0.2) is 85.3 Å². The fourth-order valence-corrected chi connectivity index (χ4v) is 3.56. The Bertz CT molecular complexity index is 1480. The number of benzene rings is 2. The number of carbonyl (C=O) groups is 1. The minimum atomic E-state index is -0.602. The number of pyridine rings is 2. The molecule has 5 aromatic rings. The zero-order valence-electron chi connectivity index (χ0n) is 17.7. The monoisotopic (exact) mass is 438 g/mol. The molecule has 0 saturated carbocycles. The molecule has 0 aliphatic carbocycles. The van der Waals surface area contributed by atoms with Gasteiger partial charge in [0.1, 0.15) is 17.1 Å². The van der Waals surface area contributed by atoms with Crippen LogP contribution >= 0.6 is 0 Å². The fraction of sp³-hybridized carbons (Fsp3) is 0.0385. The number of anilines is 1. The topological polar surface area (TPSA) is 79.9 Å². The number of H-pyrrole nitrogens is 1. The summed E-state index contributed by atoms with van der Waals surface area (Å²) >= 11 is 0. The summed E-state index contributed by atoms with van der Waals surface area (Å²) in [5.41, 5.74) is 4.18. The minimum absolute atomic E-state index is 0.0428. The second kappa shape index (κ2) is 8.55. The Morgan fingerprint density at radius 3 is 2.64 bits per heavy atom. The number of hydrogen-bond donors (Lipinski definition) is 2. The van der Waals surface area contributed by atoms with Gasteiger partial charge in [0.05, 0.1) is 5.39 Å². The van der Waals surface area contributed by atoms with Crippen LogP contribution in [0, 0.1) is 12.7 Å². The summed E-state index contributed by atoms with van der Waals surface area (Å²) in [6.07, 6.45) is 4.90. The molecule has 0 fully saturated rings. The molecule has 0 aliphatic heterocycles. The number of halogens is 1. The second-order valence-corrected chi connectivity index (χ2v) is 7.55. The van der Waals surface area contributed by atoms with Crippen LogP contribution in [0.5, 0.6) is 11.5 Å². The molecule has 0 aliphatic rings. The Labute approximate surface area is 189 Å². The van der Waals surface area contributed by atoms with Gasteiger partial charge in [0.25, 0.3) is 5.91 Å². The van der Waals surface area contributed by atoms with Crippen molar-refractivity contribution >= 4 is 22.6 Å². The molecular formula is C26H19FN4O2. The summed E-state index contributed by atoms with van der Waals surface area (Å²) in [7, 11) is 0. The highest BCUT2D eigenvalue weighted by Crippen LogP contribution is 2.31. The third kappa shape index (κ3) is 4.29. The van der Waals surface area contributed by atoms with E-state index in [1.54, 1.807) is 36.8 Å². The second-order valence-electron chi connectivity index (χ2n) is 7.55. The maximum atomic E-state index is 14.7. The molecule has 162 valence electrons. The number of aromatic nitrogens is 3. The van der Waals surface area contributed by atoms with Crippen molar-refractivity contribution in [1.29, 1.82) is 0 Å². The quantitative estimate of drug-likeness (QED) is 0.347. The highest BCUT2D eigenvalue weighted by molar-refractivity contribution is 6.03. The molecular weight excluding hydrogens is 419 g/mol. The van der Waals surface area contributed by atoms with Crippen LogP contribution in [0.2, 0.25) is 0 Å². The number of nitrogens with one attached hydrogen (secondary N) is 2. The molecule has 6 nitrogen and oxygen atoms in total. The first-order chi connectivity index (χ1) is 16.1. The van der Waals surface area contributed by atoms with Crippen LogP contribution < -0.4 is 10.1 Å². The Morgan fingerprint density at radius 1 is 0.939 bits per heavy atom. The Balaban J connectivity index is 1.34. The number of ether oxygens (including phenoxy) is 1. The first-order valence-corrected chi connectivity index (χ1v) is 10.3. The highest BCUT2D eigenvalue weighted by atomic mass is 19.1. The predicted molar refractivity (Wildman–Crippen MR) is 125 cm³/mol. The number of rotatable bonds is 5. The van der Waals surface area contributed by atoms with Gasteiger partial charge >= 0.3 is 0 Å². The van der Waals surface area contributed by atoms with Gasteiger partial charge in [-0.1, -0.05) is 29.8 Å². The Hall–Kier alpha value is -4.52. The molecule has 33 heavy (non-hydrogen) atoms. The summed E-state index contributed by atoms with van der Waals surface area (Å²) < 4.78 is 20.5. The van der Waals surface area contributed by atoms with Gasteiger partial charge in [-0.2, -0.15) is 0 Å². The summed E-state index contributed by atoms with van der Waals surface area (Å²) in [6, 6.07) is 19.3. The van der Waals surface area contributed by atoms with Gasteiger partial charge in [0, 0.05) is 30.3 Å². The number of aromatic amines is 1. The molecule has 2 N–H and O–H groups in total. The van der Waals surface area contributed by atoms with Gasteiger partial charge < -0.3 is 15.0 Å². The number of fused-ring (bicyclic) bond motifs is 1. The summed E-state index contributed by atoms with van der Waals surface area (Å²) in [5, 5.41) is 3.44. The first kappa shape index (κ1) is 20.4. The molecule has 5 rings (SSSR count). The van der Waals surface area contributed by atoms with E-state index in [-0.39, 0.29) is 11.4 Å². The first-order valence-electron chi connectivity index (χ1n) is 10.3. The number of amides is 1. The lowest BCUT2D eigenvalue weighted by atomic mass is 10.0. The summed E-state index contributed by atoms with van der Waals surface area (Å²) in [5.74, 6) is -0.508. The van der Waals surface area contributed by atoms with Crippen LogP contribution in [-0.2, 0) is 0 Å². The molecule has 3 aromatic heterocycles. The standard InChI is InChI=1S/C26H19FN4O2/c1-16-3-2-4-17(13-16)18-7-10-28-22(14-18)26(32)31-19-5-6-24(21(27)15-19)33-23-9-12-30-25-20(23)8-11-29-25/h2-15H,1H3,(H,29,30)(H,31,32). The third-order valence-electron chi connectivity index (χ3n) is 5.17. The molecule has 0 saturated heterocycles. The molecule has 0 bridgehead atoms. The number of hydrogen-bond acceptors (Lipinski definition) is 4. The van der Waals surface area contributed by atoms with E-state index in [4.69, 9.17) is 4.74 Å². The van der Waals surface area contributed by atoms with Crippen LogP contribution in [0.1, 0.15) is 16.1 Å². The normalized spacial score (nSPS) is 10.8. The summed E-state index contributed by atoms with van der Waals surface area (Å²) in [4.78, 5) is 24.1. The summed E-state index contributed by atoms with van der Waals surface area (Å²) in [6.45, 7) is 2.01. The average molecular weight is 438 g/mol. The van der Waals surface area contributed by atoms with E-state index in [0.717, 1.165) is 22.1 Å². The lowest BCUT2D eigenvalue weighted by molar-refractivity contribution is 0.102. The number of nitrogens with zero attached hydrogens (tertiary/aromatic N) is 2. The highest BCUT2D eigenvalue weighted by Gasteiger charge is 2.13. The maximum absolute atomic E-state index is 14.7. The predicted octanol–water partition coefficient (Wildman–Crippen LogP) is 6.12. The molecule has 0 unspecified atom stereocenters. The SMILES string of the molecule is Cc1cccc(-c2ccnc(C(=O)Nc3ccc(Oc4ccnc5[nH]ccc45)c(F)c3)c2)c1. The molecule has 0 radical (unpaired) electrons. The minimum Gasteiger partial charge on any atom is -0.453 e. The zero-order chi connectivity index (χ0) is 22.8. The van der Waals surface area contributed by atoms with Gasteiger partial charge in [-0.15, -0.1) is 0 Å². The van der Waals surface area contributed by atoms with Crippen molar-refractivity contribution in [2.24, 2.45) is 0 Å². The molecule has 1 amide bonds. The molecule has 2 aromatic carbocycles. The van der Waals surface area contributed by atoms with Crippen molar-refractivity contribution in [3.05, 3.63) is 102 Å². The Kier molecular flexibility index (Phi) is 5.28. The van der Waals surface area contributed by atoms with E-state index in [0.29, 0.717) is 17.1 Å². The van der Waals surface area contributed by atoms with E-state index in [1.165, 1.54) is 12.1 Å². The zero-order valence-corrected chi connectivity index (χ0v) is 17.7. The van der Waals surface area contributed by atoms with E-state index in [2.05, 4.69) is 20.3 Å². The van der Waals surface area contributed by atoms with Gasteiger partial charge in [0.15, 0.2) is 11.6 Å². The maximum Gasteiger partial charge on any atom is 0.274 e. The van der Waals surface area contributed by atoms with Crippen molar-refractivity contribution in [3.63, 3.8) is 0 Å². The van der Waals surface area contributed by atoms with Crippen molar-refractivity contribution in [1.82, 2.24) is 15.0 Å². The molecule has 0 spiro atoms. The molecule has 0 atom stereocenters. The van der Waals surface area contributed by atoms with Crippen LogP contribution in [0.3, 0.4) is 0 Å². The van der Waals surface area contributed by atoms with Gasteiger partial charge in [0.2, 0.25) is 0 Å². The largest absolute Gasteiger partial charge is 0.453 e. The lowest BCUT2D eigenvalue weighted by Gasteiger charge is -2.10. The number of carbonyl (C=O) groups excluding carboxylic acids is 1. The van der Waals surface area contributed by atoms with Crippen LogP contribution in [0.4, 0.5) is 10.1 Å². The fourth-order valence-electron chi connectivity index (χ4n) is 3.56. The van der Waals surface area contributed by atoms with Gasteiger partial charge in [-0.05, 0) is 54.4 Å². The molecule has 7 heteroatoms. The van der Waals surface area contributed by atoms with Crippen LogP contribution in [0.25, 0.3) is 22.2 Å². The van der Waals surface area contributed by atoms with Crippen LogP contribution in [-0.4, -0.2) is 20.9 Å². The van der Waals surface area contributed by atoms with Crippen molar-refractivity contribution < 1.29 is 13.9 Å². The third-order valence-corrected chi connectivity index (χ3v) is 5.17. The smallest absolute Gasteiger partial charge is 0.274 e. The van der Waals surface area contributed by atoms with Crippen molar-refractivity contribution in [2.75, 3.05) is 5.32 Å². The van der Waals surface area contributed by atoms with Crippen molar-refractivity contribution in [2.45, 2.75) is 6.92 Å².